The van der Waals surface area contributed by atoms with Crippen molar-refractivity contribution in [1.82, 2.24) is 9.97 Å². The summed E-state index contributed by atoms with van der Waals surface area (Å²) in [4.78, 5) is 15.2. The molecule has 0 aliphatic heterocycles. The monoisotopic (exact) mass is 406 g/mol. The Morgan fingerprint density at radius 1 is 0.654 bits per heavy atom. The van der Waals surface area contributed by atoms with E-state index in [0.717, 1.165) is 5.69 Å². The molecule has 26 heavy (non-hydrogen) atoms. The first kappa shape index (κ1) is 15.0. The van der Waals surface area contributed by atoms with Crippen LogP contribution in [0.2, 0.25) is 0 Å². The van der Waals surface area contributed by atoms with Crippen LogP contribution in [0.25, 0.3) is 52.3 Å². The Labute approximate surface area is 166 Å². The fourth-order valence-electron chi connectivity index (χ4n) is 3.41. The fourth-order valence-corrected chi connectivity index (χ4v) is 7.66. The average Bonchev–Trinajstić information content (AvgIpc) is 3.44. The van der Waals surface area contributed by atoms with Gasteiger partial charge in [0, 0.05) is 28.5 Å². The van der Waals surface area contributed by atoms with Crippen molar-refractivity contribution < 1.29 is 0 Å². The van der Waals surface area contributed by atoms with Crippen LogP contribution in [0.15, 0.2) is 59.0 Å². The van der Waals surface area contributed by atoms with Gasteiger partial charge in [-0.3, -0.25) is 0 Å². The van der Waals surface area contributed by atoms with Gasteiger partial charge in [0.1, 0.15) is 6.33 Å². The summed E-state index contributed by atoms with van der Waals surface area (Å²) in [6, 6.07) is 11.1. The Morgan fingerprint density at radius 2 is 1.27 bits per heavy atom. The van der Waals surface area contributed by atoms with Crippen LogP contribution in [0.1, 0.15) is 0 Å². The molecule has 124 valence electrons. The van der Waals surface area contributed by atoms with Crippen molar-refractivity contribution in [3.63, 3.8) is 0 Å². The summed E-state index contributed by atoms with van der Waals surface area (Å²) in [5.41, 5.74) is 6.36. The molecular weight excluding hydrogens is 397 g/mol. The number of nitrogens with zero attached hydrogens (tertiary/aromatic N) is 2. The van der Waals surface area contributed by atoms with E-state index in [0.29, 0.717) is 0 Å². The van der Waals surface area contributed by atoms with Crippen molar-refractivity contribution in [3.8, 4) is 52.3 Å². The molecule has 0 unspecified atom stereocenters. The first-order valence-electron chi connectivity index (χ1n) is 8.04. The van der Waals surface area contributed by atoms with E-state index in [4.69, 9.17) is 0 Å². The van der Waals surface area contributed by atoms with E-state index in [2.05, 4.69) is 50.4 Å². The summed E-state index contributed by atoms with van der Waals surface area (Å²) in [5.74, 6) is 0. The molecule has 6 rings (SSSR count). The lowest BCUT2D eigenvalue weighted by Crippen LogP contribution is -1.85. The van der Waals surface area contributed by atoms with Gasteiger partial charge >= 0.3 is 0 Å². The van der Waals surface area contributed by atoms with Crippen LogP contribution in [0, 0.1) is 0 Å². The maximum atomic E-state index is 4.46. The molecule has 1 aliphatic carbocycles. The van der Waals surface area contributed by atoms with Gasteiger partial charge in [-0.1, -0.05) is 0 Å². The molecule has 6 heteroatoms. The number of rotatable bonds is 1. The highest BCUT2D eigenvalue weighted by molar-refractivity contribution is 7.25. The molecule has 0 radical (unpaired) electrons. The minimum absolute atomic E-state index is 0.987. The predicted molar refractivity (Wildman–Crippen MR) is 114 cm³/mol. The van der Waals surface area contributed by atoms with E-state index < -0.39 is 0 Å². The normalized spacial score (nSPS) is 11.8. The van der Waals surface area contributed by atoms with E-state index >= 15 is 0 Å². The molecule has 0 atom stereocenters. The van der Waals surface area contributed by atoms with Crippen molar-refractivity contribution in [1.29, 1.82) is 0 Å². The molecule has 0 spiro atoms. The van der Waals surface area contributed by atoms with Crippen molar-refractivity contribution in [2.24, 2.45) is 0 Å². The van der Waals surface area contributed by atoms with Crippen LogP contribution in [0.4, 0.5) is 0 Å². The molecular formula is C20H10N2S4. The summed E-state index contributed by atoms with van der Waals surface area (Å²) in [5, 5.41) is 6.63. The molecule has 0 bridgehead atoms. The smallest absolute Gasteiger partial charge is 0.116 e. The summed E-state index contributed by atoms with van der Waals surface area (Å²) < 4.78 is 0. The van der Waals surface area contributed by atoms with Gasteiger partial charge in [0.2, 0.25) is 0 Å². The number of thiophene rings is 4. The standard InChI is InChI=1S/C20H10N2S4/c1-5-21-10-22-15(1)16-9-14-13-4-8-24-18(13)17-11(2-6-23-17)12-3-7-25-19(12)20(14)26-16/h1-10H. The maximum absolute atomic E-state index is 4.46. The van der Waals surface area contributed by atoms with Gasteiger partial charge in [-0.25, -0.2) is 9.97 Å². The van der Waals surface area contributed by atoms with Gasteiger partial charge in [-0.2, -0.15) is 0 Å². The molecule has 0 amide bonds. The molecule has 1 aliphatic rings. The summed E-state index contributed by atoms with van der Waals surface area (Å²) in [6.07, 6.45) is 3.43. The molecule has 5 aromatic rings. The third kappa shape index (κ3) is 2.07. The summed E-state index contributed by atoms with van der Waals surface area (Å²) >= 11 is 7.33. The van der Waals surface area contributed by atoms with Crippen LogP contribution in [-0.2, 0) is 0 Å². The van der Waals surface area contributed by atoms with Gasteiger partial charge < -0.3 is 0 Å². The Balaban J connectivity index is 1.71. The average molecular weight is 407 g/mol. The number of hydrogen-bond donors (Lipinski definition) is 0. The minimum atomic E-state index is 0.987. The van der Waals surface area contributed by atoms with E-state index in [9.17, 15) is 0 Å². The van der Waals surface area contributed by atoms with E-state index in [1.807, 2.05) is 57.6 Å². The highest BCUT2D eigenvalue weighted by Gasteiger charge is 2.26. The lowest BCUT2D eigenvalue weighted by atomic mass is 9.97. The lowest BCUT2D eigenvalue weighted by Gasteiger charge is -2.12. The zero-order valence-electron chi connectivity index (χ0n) is 13.3. The zero-order chi connectivity index (χ0) is 17.1. The molecule has 2 nitrogen and oxygen atoms in total. The van der Waals surface area contributed by atoms with E-state index in [-0.39, 0.29) is 0 Å². The van der Waals surface area contributed by atoms with Crippen molar-refractivity contribution in [2.75, 3.05) is 0 Å². The molecule has 0 saturated heterocycles. The molecule has 0 N–H and O–H groups in total. The third-order valence-corrected chi connectivity index (χ3v) is 8.78. The largest absolute Gasteiger partial charge is 0.245 e. The fraction of sp³-hybridized carbons (Fsp3) is 0. The molecule has 5 aromatic heterocycles. The van der Waals surface area contributed by atoms with Crippen LogP contribution >= 0.6 is 45.3 Å². The number of aromatic nitrogens is 2. The van der Waals surface area contributed by atoms with Crippen molar-refractivity contribution in [2.45, 2.75) is 0 Å². The van der Waals surface area contributed by atoms with Gasteiger partial charge in [-0.05, 0) is 46.5 Å². The Kier molecular flexibility index (Phi) is 3.28. The summed E-state index contributed by atoms with van der Waals surface area (Å²) in [7, 11) is 0. The first-order valence-corrected chi connectivity index (χ1v) is 11.5. The molecule has 0 fully saturated rings. The number of fused-ring (bicyclic) bond motifs is 8. The second-order valence-electron chi connectivity index (χ2n) is 5.94. The van der Waals surface area contributed by atoms with Gasteiger partial charge in [-0.15, -0.1) is 45.3 Å². The van der Waals surface area contributed by atoms with Gasteiger partial charge in [0.15, 0.2) is 0 Å². The lowest BCUT2D eigenvalue weighted by molar-refractivity contribution is 1.18. The Morgan fingerprint density at radius 3 is 1.88 bits per heavy atom. The molecule has 5 heterocycles. The number of hydrogen-bond acceptors (Lipinski definition) is 6. The van der Waals surface area contributed by atoms with Crippen LogP contribution in [0.5, 0.6) is 0 Å². The van der Waals surface area contributed by atoms with Crippen molar-refractivity contribution >= 4 is 45.3 Å². The third-order valence-electron chi connectivity index (χ3n) is 4.55. The second-order valence-corrected chi connectivity index (χ2v) is 9.74. The predicted octanol–water partition coefficient (Wildman–Crippen LogP) is 7.37. The van der Waals surface area contributed by atoms with E-state index in [1.54, 1.807) is 6.33 Å². The van der Waals surface area contributed by atoms with Gasteiger partial charge in [0.25, 0.3) is 0 Å². The van der Waals surface area contributed by atoms with E-state index in [1.165, 1.54) is 46.6 Å². The second kappa shape index (κ2) is 5.69. The topological polar surface area (TPSA) is 25.8 Å². The SMILES string of the molecule is c1cc(-c2cc3c(s2)-c2sccc2-c2ccsc2-c2sccc2-3)ncn1. The molecule has 0 aromatic carbocycles. The maximum Gasteiger partial charge on any atom is 0.116 e. The van der Waals surface area contributed by atoms with Crippen molar-refractivity contribution in [3.05, 3.63) is 59.0 Å². The highest BCUT2D eigenvalue weighted by Crippen LogP contribution is 2.55. The minimum Gasteiger partial charge on any atom is -0.245 e. The Hall–Kier alpha value is -2.12. The van der Waals surface area contributed by atoms with Crippen LogP contribution < -0.4 is 0 Å². The quantitative estimate of drug-likeness (QED) is 0.285. The highest BCUT2D eigenvalue weighted by atomic mass is 32.1. The molecule has 0 saturated carbocycles. The van der Waals surface area contributed by atoms with Crippen LogP contribution in [0.3, 0.4) is 0 Å². The summed E-state index contributed by atoms with van der Waals surface area (Å²) in [6.45, 7) is 0. The Bertz CT molecular complexity index is 1170. The van der Waals surface area contributed by atoms with Gasteiger partial charge in [0.05, 0.1) is 30.1 Å². The zero-order valence-corrected chi connectivity index (χ0v) is 16.6. The van der Waals surface area contributed by atoms with Crippen LogP contribution in [-0.4, -0.2) is 9.97 Å². The first-order chi connectivity index (χ1) is 12.9.